The molecule has 2 fully saturated rings. The van der Waals surface area contributed by atoms with Crippen LogP contribution in [0.25, 0.3) is 0 Å². The smallest absolute Gasteiger partial charge is 0.0149 e. The number of allylic oxidation sites excluding steroid dienone is 1. The van der Waals surface area contributed by atoms with E-state index in [4.69, 9.17) is 0 Å². The molecule has 0 N–H and O–H groups in total. The van der Waals surface area contributed by atoms with Crippen LogP contribution in [0, 0.1) is 46.3 Å². The molecule has 0 aromatic heterocycles. The van der Waals surface area contributed by atoms with Gasteiger partial charge in [0.15, 0.2) is 0 Å². The minimum Gasteiger partial charge on any atom is -0.0998 e. The molecule has 0 amide bonds. The van der Waals surface area contributed by atoms with Gasteiger partial charge in [-0.25, -0.2) is 0 Å². The van der Waals surface area contributed by atoms with Crippen LogP contribution in [0.3, 0.4) is 0 Å². The van der Waals surface area contributed by atoms with E-state index in [1.54, 1.807) is 0 Å². The van der Waals surface area contributed by atoms with Gasteiger partial charge in [0.1, 0.15) is 0 Å². The molecular weight excluding hydrogens is 276 g/mol. The molecule has 0 aromatic rings. The molecule has 0 radical (unpaired) electrons. The lowest BCUT2D eigenvalue weighted by atomic mass is 9.69. The van der Waals surface area contributed by atoms with Crippen molar-refractivity contribution in [3.8, 4) is 0 Å². The molecule has 0 heterocycles. The molecule has 0 aliphatic heterocycles. The first-order valence-corrected chi connectivity index (χ1v) is 10.3. The molecule has 2 aliphatic rings. The number of hydrogen-bond donors (Lipinski definition) is 0. The van der Waals surface area contributed by atoms with E-state index in [1.807, 2.05) is 0 Å². The van der Waals surface area contributed by atoms with Crippen LogP contribution in [0.1, 0.15) is 87.5 Å². The van der Waals surface area contributed by atoms with Crippen molar-refractivity contribution in [2.24, 2.45) is 46.3 Å². The van der Waals surface area contributed by atoms with Crippen LogP contribution in [-0.4, -0.2) is 0 Å². The van der Waals surface area contributed by atoms with Crippen molar-refractivity contribution in [1.29, 1.82) is 0 Å². The van der Waals surface area contributed by atoms with Gasteiger partial charge in [-0.05, 0) is 59.7 Å². The Morgan fingerprint density at radius 3 is 1.91 bits per heavy atom. The van der Waals surface area contributed by atoms with E-state index in [2.05, 4.69) is 62.0 Å². The third-order valence-electron chi connectivity index (χ3n) is 7.75. The lowest BCUT2D eigenvalue weighted by Gasteiger charge is -2.36. The fourth-order valence-corrected chi connectivity index (χ4v) is 6.68. The Morgan fingerprint density at radius 2 is 1.57 bits per heavy atom. The molecule has 0 bridgehead atoms. The fraction of sp³-hybridized carbons (Fsp3) is 0.913. The van der Waals surface area contributed by atoms with E-state index in [9.17, 15) is 0 Å². The summed E-state index contributed by atoms with van der Waals surface area (Å²) in [5, 5.41) is 0. The van der Waals surface area contributed by atoms with Crippen molar-refractivity contribution in [3.63, 3.8) is 0 Å². The van der Waals surface area contributed by atoms with Crippen LogP contribution in [0.5, 0.6) is 0 Å². The predicted molar refractivity (Wildman–Crippen MR) is 103 cm³/mol. The molecule has 5 atom stereocenters. The largest absolute Gasteiger partial charge is 0.0998 e. The van der Waals surface area contributed by atoms with E-state index in [0.717, 1.165) is 35.5 Å². The molecule has 0 heteroatoms. The zero-order chi connectivity index (χ0) is 17.6. The SMILES string of the molecule is C=C(C)C(C(C)C)C1C2C(C)(C)C12CC(C)C(CCC)CCC. The first kappa shape index (κ1) is 19.1. The van der Waals surface area contributed by atoms with Gasteiger partial charge in [0.2, 0.25) is 0 Å². The summed E-state index contributed by atoms with van der Waals surface area (Å²) >= 11 is 0. The standard InChI is InChI=1S/C23H42/c1-10-12-18(13-11-2)17(7)14-23-20(21(23)22(23,8)9)19(15(3)4)16(5)6/h16-21H,3,10-14H2,1-2,4-9H3. The second-order valence-corrected chi connectivity index (χ2v) is 9.90. The highest BCUT2D eigenvalue weighted by Crippen LogP contribution is 2.95. The maximum absolute atomic E-state index is 4.34. The molecule has 2 rings (SSSR count). The van der Waals surface area contributed by atoms with E-state index in [-0.39, 0.29) is 0 Å². The zero-order valence-corrected chi connectivity index (χ0v) is 17.2. The summed E-state index contributed by atoms with van der Waals surface area (Å²) in [5.74, 6) is 5.24. The quantitative estimate of drug-likeness (QED) is 0.369. The Labute approximate surface area is 146 Å². The highest BCUT2D eigenvalue weighted by molar-refractivity contribution is 5.39. The summed E-state index contributed by atoms with van der Waals surface area (Å²) in [6.45, 7) is 23.7. The molecule has 23 heavy (non-hydrogen) atoms. The van der Waals surface area contributed by atoms with E-state index in [1.165, 1.54) is 37.7 Å². The molecule has 0 aromatic carbocycles. The predicted octanol–water partition coefficient (Wildman–Crippen LogP) is 7.35. The van der Waals surface area contributed by atoms with Gasteiger partial charge in [-0.1, -0.05) is 86.3 Å². The first-order valence-electron chi connectivity index (χ1n) is 10.3. The summed E-state index contributed by atoms with van der Waals surface area (Å²) in [7, 11) is 0. The van der Waals surface area contributed by atoms with Gasteiger partial charge >= 0.3 is 0 Å². The van der Waals surface area contributed by atoms with Crippen LogP contribution in [0.2, 0.25) is 0 Å². The first-order chi connectivity index (χ1) is 10.7. The van der Waals surface area contributed by atoms with Gasteiger partial charge in [-0.15, -0.1) is 0 Å². The van der Waals surface area contributed by atoms with Crippen molar-refractivity contribution < 1.29 is 0 Å². The summed E-state index contributed by atoms with van der Waals surface area (Å²) < 4.78 is 0. The Morgan fingerprint density at radius 1 is 1.04 bits per heavy atom. The maximum atomic E-state index is 4.34. The van der Waals surface area contributed by atoms with Crippen molar-refractivity contribution in [1.82, 2.24) is 0 Å². The van der Waals surface area contributed by atoms with E-state index < -0.39 is 0 Å². The highest BCUT2D eigenvalue weighted by atomic mass is 14.9. The molecule has 2 aliphatic carbocycles. The molecule has 0 nitrogen and oxygen atoms in total. The van der Waals surface area contributed by atoms with Gasteiger partial charge in [-0.2, -0.15) is 0 Å². The zero-order valence-electron chi connectivity index (χ0n) is 17.2. The topological polar surface area (TPSA) is 0 Å². The van der Waals surface area contributed by atoms with Crippen molar-refractivity contribution in [2.45, 2.75) is 87.5 Å². The van der Waals surface area contributed by atoms with Crippen LogP contribution >= 0.6 is 0 Å². The Balaban J connectivity index is 2.09. The maximum Gasteiger partial charge on any atom is -0.0149 e. The van der Waals surface area contributed by atoms with Crippen molar-refractivity contribution in [3.05, 3.63) is 12.2 Å². The monoisotopic (exact) mass is 318 g/mol. The van der Waals surface area contributed by atoms with Crippen molar-refractivity contribution in [2.75, 3.05) is 0 Å². The number of hydrogen-bond acceptors (Lipinski definition) is 0. The molecule has 0 spiro atoms. The van der Waals surface area contributed by atoms with Gasteiger partial charge in [0, 0.05) is 0 Å². The van der Waals surface area contributed by atoms with Crippen LogP contribution < -0.4 is 0 Å². The van der Waals surface area contributed by atoms with Crippen molar-refractivity contribution >= 4 is 0 Å². The van der Waals surface area contributed by atoms with E-state index >= 15 is 0 Å². The Kier molecular flexibility index (Phi) is 5.44. The molecule has 0 saturated heterocycles. The second kappa shape index (κ2) is 6.57. The minimum absolute atomic E-state index is 0.595. The summed E-state index contributed by atoms with van der Waals surface area (Å²) in [4.78, 5) is 0. The van der Waals surface area contributed by atoms with Crippen LogP contribution in [-0.2, 0) is 0 Å². The number of fused-ring (bicyclic) bond motifs is 1. The van der Waals surface area contributed by atoms with Crippen LogP contribution in [0.15, 0.2) is 12.2 Å². The molecule has 5 unspecified atom stereocenters. The second-order valence-electron chi connectivity index (χ2n) is 9.90. The summed E-state index contributed by atoms with van der Waals surface area (Å²) in [5.41, 5.74) is 2.68. The summed E-state index contributed by atoms with van der Waals surface area (Å²) in [6, 6.07) is 0. The highest BCUT2D eigenvalue weighted by Gasteiger charge is 2.91. The van der Waals surface area contributed by atoms with Gasteiger partial charge in [0.25, 0.3) is 0 Å². The molecule has 2 saturated carbocycles. The Bertz CT molecular complexity index is 423. The van der Waals surface area contributed by atoms with E-state index in [0.29, 0.717) is 10.8 Å². The van der Waals surface area contributed by atoms with Gasteiger partial charge in [0.05, 0.1) is 0 Å². The van der Waals surface area contributed by atoms with Gasteiger partial charge < -0.3 is 0 Å². The summed E-state index contributed by atoms with van der Waals surface area (Å²) in [6.07, 6.45) is 7.01. The third kappa shape index (κ3) is 2.93. The third-order valence-corrected chi connectivity index (χ3v) is 7.75. The van der Waals surface area contributed by atoms with Crippen LogP contribution in [0.4, 0.5) is 0 Å². The normalized spacial score (nSPS) is 33.5. The number of rotatable bonds is 10. The molecular formula is C23H42. The molecule has 134 valence electrons. The van der Waals surface area contributed by atoms with Gasteiger partial charge in [-0.3, -0.25) is 0 Å². The minimum atomic E-state index is 0.595. The lowest BCUT2D eigenvalue weighted by Crippen LogP contribution is -2.29. The fourth-order valence-electron chi connectivity index (χ4n) is 6.68. The lowest BCUT2D eigenvalue weighted by molar-refractivity contribution is 0.154. The average Bonchev–Trinajstić information content (AvgIpc) is 3.23. The average molecular weight is 319 g/mol. The Hall–Kier alpha value is -0.260.